The summed E-state index contributed by atoms with van der Waals surface area (Å²) < 4.78 is 0. The Morgan fingerprint density at radius 3 is 2.89 bits per heavy atom. The molecule has 1 amide bonds. The Labute approximate surface area is 109 Å². The van der Waals surface area contributed by atoms with Gasteiger partial charge in [-0.15, -0.1) is 0 Å². The highest BCUT2D eigenvalue weighted by molar-refractivity contribution is 5.87. The predicted molar refractivity (Wildman–Crippen MR) is 73.0 cm³/mol. The zero-order valence-electron chi connectivity index (χ0n) is 11.1. The lowest BCUT2D eigenvalue weighted by molar-refractivity contribution is -0.116. The molecule has 18 heavy (non-hydrogen) atoms. The minimum absolute atomic E-state index is 0.0118. The van der Waals surface area contributed by atoms with Crippen LogP contribution in [0.15, 0.2) is 36.2 Å². The van der Waals surface area contributed by atoms with E-state index in [1.165, 1.54) is 5.56 Å². The summed E-state index contributed by atoms with van der Waals surface area (Å²) in [6.07, 6.45) is 6.15. The zero-order valence-corrected chi connectivity index (χ0v) is 11.1. The SMILES string of the molecule is CC(C)=CC(=O)NCCCNCc1cccnc1. The third kappa shape index (κ3) is 6.81. The van der Waals surface area contributed by atoms with E-state index < -0.39 is 0 Å². The molecule has 1 heterocycles. The molecule has 1 aromatic rings. The summed E-state index contributed by atoms with van der Waals surface area (Å²) in [5, 5.41) is 6.15. The molecule has 0 spiro atoms. The zero-order chi connectivity index (χ0) is 13.2. The van der Waals surface area contributed by atoms with Crippen molar-refractivity contribution >= 4 is 5.91 Å². The topological polar surface area (TPSA) is 54.0 Å². The Morgan fingerprint density at radius 1 is 1.39 bits per heavy atom. The number of amides is 1. The Morgan fingerprint density at radius 2 is 2.22 bits per heavy atom. The lowest BCUT2D eigenvalue weighted by Gasteiger charge is -2.05. The van der Waals surface area contributed by atoms with Crippen molar-refractivity contribution in [3.8, 4) is 0 Å². The third-order valence-electron chi connectivity index (χ3n) is 2.30. The number of aromatic nitrogens is 1. The average molecular weight is 247 g/mol. The van der Waals surface area contributed by atoms with E-state index in [4.69, 9.17) is 0 Å². The second-order valence-electron chi connectivity index (χ2n) is 4.40. The van der Waals surface area contributed by atoms with Gasteiger partial charge in [0.15, 0.2) is 0 Å². The van der Waals surface area contributed by atoms with Gasteiger partial charge in [-0.1, -0.05) is 11.6 Å². The van der Waals surface area contributed by atoms with Gasteiger partial charge in [-0.05, 0) is 38.4 Å². The molecule has 2 N–H and O–H groups in total. The average Bonchev–Trinajstić information content (AvgIpc) is 2.34. The summed E-state index contributed by atoms with van der Waals surface area (Å²) >= 11 is 0. The smallest absolute Gasteiger partial charge is 0.243 e. The van der Waals surface area contributed by atoms with E-state index in [1.807, 2.05) is 32.2 Å². The van der Waals surface area contributed by atoms with Gasteiger partial charge < -0.3 is 10.6 Å². The molecule has 1 rings (SSSR count). The fourth-order valence-electron chi connectivity index (χ4n) is 1.47. The van der Waals surface area contributed by atoms with E-state index in [1.54, 1.807) is 12.3 Å². The highest BCUT2D eigenvalue weighted by atomic mass is 16.1. The molecule has 0 atom stereocenters. The Hall–Kier alpha value is -1.68. The normalized spacial score (nSPS) is 9.89. The van der Waals surface area contributed by atoms with Crippen molar-refractivity contribution in [1.29, 1.82) is 0 Å². The van der Waals surface area contributed by atoms with Crippen molar-refractivity contribution in [3.63, 3.8) is 0 Å². The van der Waals surface area contributed by atoms with Crippen molar-refractivity contribution in [2.24, 2.45) is 0 Å². The van der Waals surface area contributed by atoms with Crippen LogP contribution in [0.5, 0.6) is 0 Å². The second kappa shape index (κ2) is 8.42. The van der Waals surface area contributed by atoms with Crippen LogP contribution in [0.2, 0.25) is 0 Å². The molecular weight excluding hydrogens is 226 g/mol. The number of hydrogen-bond donors (Lipinski definition) is 2. The van der Waals surface area contributed by atoms with Crippen molar-refractivity contribution < 1.29 is 4.79 Å². The van der Waals surface area contributed by atoms with Gasteiger partial charge in [0.2, 0.25) is 5.91 Å². The van der Waals surface area contributed by atoms with Crippen LogP contribution in [0.4, 0.5) is 0 Å². The Bertz CT molecular complexity index is 383. The maximum absolute atomic E-state index is 11.3. The molecule has 1 aromatic heterocycles. The fourth-order valence-corrected chi connectivity index (χ4v) is 1.47. The first-order chi connectivity index (χ1) is 8.68. The molecule has 0 saturated carbocycles. The molecule has 0 aliphatic carbocycles. The van der Waals surface area contributed by atoms with Crippen LogP contribution < -0.4 is 10.6 Å². The van der Waals surface area contributed by atoms with Gasteiger partial charge in [-0.2, -0.15) is 0 Å². The molecule has 98 valence electrons. The number of nitrogens with one attached hydrogen (secondary N) is 2. The van der Waals surface area contributed by atoms with Gasteiger partial charge in [-0.3, -0.25) is 9.78 Å². The van der Waals surface area contributed by atoms with Crippen molar-refractivity contribution in [2.75, 3.05) is 13.1 Å². The first kappa shape index (κ1) is 14.4. The van der Waals surface area contributed by atoms with E-state index in [0.717, 1.165) is 25.1 Å². The quantitative estimate of drug-likeness (QED) is 0.569. The van der Waals surface area contributed by atoms with Crippen LogP contribution in [0.25, 0.3) is 0 Å². The lowest BCUT2D eigenvalue weighted by atomic mass is 10.3. The fraction of sp³-hybridized carbons (Fsp3) is 0.429. The van der Waals surface area contributed by atoms with Gasteiger partial charge in [-0.25, -0.2) is 0 Å². The summed E-state index contributed by atoms with van der Waals surface area (Å²) in [5.41, 5.74) is 2.19. The lowest BCUT2D eigenvalue weighted by Crippen LogP contribution is -2.25. The molecule has 0 saturated heterocycles. The summed E-state index contributed by atoms with van der Waals surface area (Å²) in [7, 11) is 0. The third-order valence-corrected chi connectivity index (χ3v) is 2.30. The highest BCUT2D eigenvalue weighted by Gasteiger charge is 1.95. The number of nitrogens with zero attached hydrogens (tertiary/aromatic N) is 1. The highest BCUT2D eigenvalue weighted by Crippen LogP contribution is 1.94. The molecule has 0 unspecified atom stereocenters. The van der Waals surface area contributed by atoms with Gasteiger partial charge in [0, 0.05) is 31.6 Å². The van der Waals surface area contributed by atoms with Gasteiger partial charge >= 0.3 is 0 Å². The van der Waals surface area contributed by atoms with E-state index >= 15 is 0 Å². The van der Waals surface area contributed by atoms with Crippen molar-refractivity contribution in [1.82, 2.24) is 15.6 Å². The van der Waals surface area contributed by atoms with Crippen LogP contribution in [0, 0.1) is 0 Å². The Kier molecular flexibility index (Phi) is 6.72. The predicted octanol–water partition coefficient (Wildman–Crippen LogP) is 1.64. The molecule has 0 bridgehead atoms. The standard InChI is InChI=1S/C14H21N3O/c1-12(2)9-14(18)17-8-4-7-16-11-13-5-3-6-15-10-13/h3,5-6,9-10,16H,4,7-8,11H2,1-2H3,(H,17,18). The second-order valence-corrected chi connectivity index (χ2v) is 4.40. The van der Waals surface area contributed by atoms with Crippen LogP contribution in [0.1, 0.15) is 25.8 Å². The van der Waals surface area contributed by atoms with E-state index in [2.05, 4.69) is 15.6 Å². The molecule has 0 aromatic carbocycles. The molecule has 4 heteroatoms. The largest absolute Gasteiger partial charge is 0.353 e. The van der Waals surface area contributed by atoms with Crippen LogP contribution >= 0.6 is 0 Å². The van der Waals surface area contributed by atoms with Crippen molar-refractivity contribution in [2.45, 2.75) is 26.8 Å². The summed E-state index contributed by atoms with van der Waals surface area (Å²) in [6, 6.07) is 3.97. The molecule has 4 nitrogen and oxygen atoms in total. The van der Waals surface area contributed by atoms with Crippen molar-refractivity contribution in [3.05, 3.63) is 41.7 Å². The minimum Gasteiger partial charge on any atom is -0.353 e. The van der Waals surface area contributed by atoms with E-state index in [-0.39, 0.29) is 5.91 Å². The number of carbonyl (C=O) groups is 1. The number of hydrogen-bond acceptors (Lipinski definition) is 3. The molecule has 0 radical (unpaired) electrons. The number of carbonyl (C=O) groups excluding carboxylic acids is 1. The summed E-state index contributed by atoms with van der Waals surface area (Å²) in [5.74, 6) is -0.0118. The van der Waals surface area contributed by atoms with Crippen LogP contribution in [0.3, 0.4) is 0 Å². The Balaban J connectivity index is 2.03. The summed E-state index contributed by atoms with van der Waals surface area (Å²) in [6.45, 7) is 6.21. The molecular formula is C14H21N3O. The van der Waals surface area contributed by atoms with E-state index in [0.29, 0.717) is 6.54 Å². The molecule has 0 aliphatic rings. The maximum atomic E-state index is 11.3. The first-order valence-electron chi connectivity index (χ1n) is 6.21. The van der Waals surface area contributed by atoms with Crippen LogP contribution in [-0.2, 0) is 11.3 Å². The van der Waals surface area contributed by atoms with Gasteiger partial charge in [0.25, 0.3) is 0 Å². The number of pyridine rings is 1. The summed E-state index contributed by atoms with van der Waals surface area (Å²) in [4.78, 5) is 15.3. The van der Waals surface area contributed by atoms with Crippen LogP contribution in [-0.4, -0.2) is 24.0 Å². The van der Waals surface area contributed by atoms with Gasteiger partial charge in [0.1, 0.15) is 0 Å². The minimum atomic E-state index is -0.0118. The van der Waals surface area contributed by atoms with E-state index in [9.17, 15) is 4.79 Å². The number of rotatable bonds is 7. The molecule has 0 fully saturated rings. The monoisotopic (exact) mass is 247 g/mol. The van der Waals surface area contributed by atoms with Gasteiger partial charge in [0.05, 0.1) is 0 Å². The first-order valence-corrected chi connectivity index (χ1v) is 6.21. The number of allylic oxidation sites excluding steroid dienone is 1. The molecule has 0 aliphatic heterocycles. The maximum Gasteiger partial charge on any atom is 0.243 e.